The Morgan fingerprint density at radius 2 is 1.68 bits per heavy atom. The lowest BCUT2D eigenvalue weighted by Crippen LogP contribution is -2.37. The molecule has 2 bridgehead atoms. The van der Waals surface area contributed by atoms with Gasteiger partial charge in [-0.25, -0.2) is 0 Å². The van der Waals surface area contributed by atoms with Crippen molar-refractivity contribution in [2.45, 2.75) is 25.7 Å². The van der Waals surface area contributed by atoms with E-state index in [4.69, 9.17) is 4.42 Å². The average Bonchev–Trinajstić information content (AvgIpc) is 3.20. The number of nitrogens with one attached hydrogen (secondary N) is 1. The number of rotatable bonds is 3. The summed E-state index contributed by atoms with van der Waals surface area (Å²) < 4.78 is 5.91. The third kappa shape index (κ3) is 2.02. The number of furan rings is 1. The molecule has 1 amide bonds. The fraction of sp³-hybridized carbons (Fsp3) is 0.391. The van der Waals surface area contributed by atoms with E-state index in [2.05, 4.69) is 5.32 Å². The highest BCUT2D eigenvalue weighted by Crippen LogP contribution is 2.74. The minimum Gasteiger partial charge on any atom is -0.481 e. The van der Waals surface area contributed by atoms with E-state index < -0.39 is 17.8 Å². The van der Waals surface area contributed by atoms with Crippen LogP contribution in [0.25, 0.3) is 21.9 Å². The second kappa shape index (κ2) is 5.37. The molecule has 4 atom stereocenters. The minimum absolute atomic E-state index is 0.133. The molecule has 3 saturated carbocycles. The summed E-state index contributed by atoms with van der Waals surface area (Å²) in [6, 6.07) is 13.5. The molecule has 0 saturated heterocycles. The van der Waals surface area contributed by atoms with Gasteiger partial charge in [0.05, 0.1) is 11.8 Å². The molecule has 1 heterocycles. The van der Waals surface area contributed by atoms with Gasteiger partial charge in [0.25, 0.3) is 0 Å². The number of hydrogen-bond acceptors (Lipinski definition) is 3. The number of amides is 1. The van der Waals surface area contributed by atoms with Crippen molar-refractivity contribution >= 4 is 39.5 Å². The van der Waals surface area contributed by atoms with Crippen molar-refractivity contribution in [3.63, 3.8) is 0 Å². The number of benzene rings is 2. The summed E-state index contributed by atoms with van der Waals surface area (Å²) in [5.41, 5.74) is 2.33. The molecule has 3 fully saturated rings. The van der Waals surface area contributed by atoms with Gasteiger partial charge in [-0.1, -0.05) is 18.2 Å². The van der Waals surface area contributed by atoms with Crippen molar-refractivity contribution in [2.24, 2.45) is 29.1 Å². The van der Waals surface area contributed by atoms with Crippen LogP contribution in [-0.2, 0) is 9.59 Å². The van der Waals surface area contributed by atoms with E-state index in [0.717, 1.165) is 47.6 Å². The maximum atomic E-state index is 13.1. The first kappa shape index (κ1) is 16.2. The van der Waals surface area contributed by atoms with E-state index in [0.29, 0.717) is 5.69 Å². The van der Waals surface area contributed by atoms with Crippen LogP contribution in [0.1, 0.15) is 25.7 Å². The third-order valence-electron chi connectivity index (χ3n) is 7.58. The van der Waals surface area contributed by atoms with Crippen LogP contribution in [0.4, 0.5) is 5.69 Å². The zero-order chi connectivity index (χ0) is 19.0. The molecule has 2 N–H and O–H groups in total. The van der Waals surface area contributed by atoms with Crippen molar-refractivity contribution in [3.8, 4) is 0 Å². The summed E-state index contributed by atoms with van der Waals surface area (Å²) >= 11 is 0. The van der Waals surface area contributed by atoms with Crippen LogP contribution >= 0.6 is 0 Å². The smallest absolute Gasteiger partial charge is 0.307 e. The van der Waals surface area contributed by atoms with Gasteiger partial charge in [0, 0.05) is 22.5 Å². The molecule has 0 aliphatic heterocycles. The van der Waals surface area contributed by atoms with E-state index in [1.54, 1.807) is 0 Å². The van der Waals surface area contributed by atoms with Crippen molar-refractivity contribution in [3.05, 3.63) is 42.5 Å². The number of anilines is 1. The maximum Gasteiger partial charge on any atom is 0.307 e. The van der Waals surface area contributed by atoms with E-state index in [9.17, 15) is 14.7 Å². The third-order valence-corrected chi connectivity index (χ3v) is 7.58. The zero-order valence-corrected chi connectivity index (χ0v) is 15.4. The number of hydrogen-bond donors (Lipinski definition) is 2. The Morgan fingerprint density at radius 1 is 0.964 bits per heavy atom. The van der Waals surface area contributed by atoms with Gasteiger partial charge in [-0.15, -0.1) is 0 Å². The summed E-state index contributed by atoms with van der Waals surface area (Å²) in [5, 5.41) is 14.9. The molecule has 142 valence electrons. The Kier molecular flexibility index (Phi) is 3.10. The lowest BCUT2D eigenvalue weighted by Gasteiger charge is -2.26. The van der Waals surface area contributed by atoms with Gasteiger partial charge >= 0.3 is 5.97 Å². The Hall–Kier alpha value is -2.82. The molecule has 3 aliphatic rings. The highest BCUT2D eigenvalue weighted by atomic mass is 16.4. The normalized spacial score (nSPS) is 29.6. The Bertz CT molecular complexity index is 1140. The van der Waals surface area contributed by atoms with E-state index in [1.165, 1.54) is 0 Å². The molecule has 2 aromatic carbocycles. The van der Waals surface area contributed by atoms with Gasteiger partial charge in [0.15, 0.2) is 0 Å². The van der Waals surface area contributed by atoms with Gasteiger partial charge in [0.1, 0.15) is 11.2 Å². The largest absolute Gasteiger partial charge is 0.481 e. The minimum atomic E-state index is -0.814. The number of fused-ring (bicyclic) bond motifs is 3. The fourth-order valence-corrected chi connectivity index (χ4v) is 6.37. The topological polar surface area (TPSA) is 79.5 Å². The van der Waals surface area contributed by atoms with Gasteiger partial charge < -0.3 is 14.8 Å². The van der Waals surface area contributed by atoms with Gasteiger partial charge in [0.2, 0.25) is 5.91 Å². The van der Waals surface area contributed by atoms with Gasteiger partial charge in [-0.05, 0) is 61.1 Å². The van der Waals surface area contributed by atoms with Crippen molar-refractivity contribution in [1.29, 1.82) is 0 Å². The van der Waals surface area contributed by atoms with Crippen molar-refractivity contribution in [2.75, 3.05) is 5.32 Å². The predicted molar refractivity (Wildman–Crippen MR) is 105 cm³/mol. The molecule has 3 aliphatic carbocycles. The second-order valence-corrected chi connectivity index (χ2v) is 8.71. The summed E-state index contributed by atoms with van der Waals surface area (Å²) in [6.45, 7) is 0. The average molecular weight is 375 g/mol. The SMILES string of the molecule is O=C(O)C1C(C(=O)Nc2ccc3c(c2)oc2ccccc23)C2CCC1C21CC1. The Morgan fingerprint density at radius 3 is 2.43 bits per heavy atom. The lowest BCUT2D eigenvalue weighted by atomic mass is 9.78. The molecular weight excluding hydrogens is 354 g/mol. The van der Waals surface area contributed by atoms with Crippen LogP contribution in [0.5, 0.6) is 0 Å². The molecule has 3 aromatic rings. The molecular formula is C23H21NO4. The van der Waals surface area contributed by atoms with Gasteiger partial charge in [-0.3, -0.25) is 9.59 Å². The summed E-state index contributed by atoms with van der Waals surface area (Å²) in [4.78, 5) is 25.1. The molecule has 1 spiro atoms. The van der Waals surface area contributed by atoms with Crippen LogP contribution in [-0.4, -0.2) is 17.0 Å². The summed E-state index contributed by atoms with van der Waals surface area (Å²) in [6.07, 6.45) is 4.10. The molecule has 28 heavy (non-hydrogen) atoms. The first-order valence-corrected chi connectivity index (χ1v) is 10.0. The number of carboxylic acid groups (broad SMARTS) is 1. The molecule has 5 heteroatoms. The standard InChI is InChI=1S/C23H21NO4/c25-21(19-15-7-8-16(20(19)22(26)27)23(15)9-10-23)24-12-5-6-14-13-3-1-2-4-17(13)28-18(14)11-12/h1-6,11,15-16,19-20H,7-10H2,(H,24,25)(H,26,27). The zero-order valence-electron chi connectivity index (χ0n) is 15.4. The van der Waals surface area contributed by atoms with Gasteiger partial charge in [-0.2, -0.15) is 0 Å². The molecule has 4 unspecified atom stereocenters. The van der Waals surface area contributed by atoms with Crippen molar-refractivity contribution in [1.82, 2.24) is 0 Å². The monoisotopic (exact) mass is 375 g/mol. The number of para-hydroxylation sites is 1. The quantitative estimate of drug-likeness (QED) is 0.698. The van der Waals surface area contributed by atoms with Crippen LogP contribution < -0.4 is 5.32 Å². The van der Waals surface area contributed by atoms with Crippen LogP contribution in [0.2, 0.25) is 0 Å². The molecule has 6 rings (SSSR count). The second-order valence-electron chi connectivity index (χ2n) is 8.71. The highest BCUT2D eigenvalue weighted by molar-refractivity contribution is 6.06. The first-order valence-electron chi connectivity index (χ1n) is 10.0. The fourth-order valence-electron chi connectivity index (χ4n) is 6.37. The van der Waals surface area contributed by atoms with Crippen LogP contribution in [0.15, 0.2) is 46.9 Å². The summed E-state index contributed by atoms with van der Waals surface area (Å²) in [5.74, 6) is -1.55. The van der Waals surface area contributed by atoms with E-state index in [1.807, 2.05) is 42.5 Å². The number of aliphatic carboxylic acids is 1. The molecule has 5 nitrogen and oxygen atoms in total. The predicted octanol–water partition coefficient (Wildman–Crippen LogP) is 4.66. The molecule has 0 radical (unpaired) electrons. The number of carbonyl (C=O) groups is 2. The lowest BCUT2D eigenvalue weighted by molar-refractivity contribution is -0.148. The highest BCUT2D eigenvalue weighted by Gasteiger charge is 2.71. The van der Waals surface area contributed by atoms with Crippen LogP contribution in [0.3, 0.4) is 0 Å². The number of carboxylic acids is 1. The first-order chi connectivity index (χ1) is 13.6. The Balaban J connectivity index is 1.32. The molecule has 1 aromatic heterocycles. The van der Waals surface area contributed by atoms with E-state index >= 15 is 0 Å². The van der Waals surface area contributed by atoms with E-state index in [-0.39, 0.29) is 23.2 Å². The number of carbonyl (C=O) groups excluding carboxylic acids is 1. The maximum absolute atomic E-state index is 13.1. The van der Waals surface area contributed by atoms with Crippen LogP contribution in [0, 0.1) is 29.1 Å². The Labute approximate surface area is 161 Å². The summed E-state index contributed by atoms with van der Waals surface area (Å²) in [7, 11) is 0. The van der Waals surface area contributed by atoms with Crippen molar-refractivity contribution < 1.29 is 19.1 Å².